The van der Waals surface area contributed by atoms with E-state index in [9.17, 15) is 0 Å². The average molecular weight is 255 g/mol. The van der Waals surface area contributed by atoms with Crippen LogP contribution in [0.5, 0.6) is 0 Å². The Balaban J connectivity index is 1.58. The number of piperidine rings is 1. The van der Waals surface area contributed by atoms with Gasteiger partial charge in [0.05, 0.1) is 12.7 Å². The van der Waals surface area contributed by atoms with E-state index in [1.54, 1.807) is 0 Å². The second kappa shape index (κ2) is 7.46. The quantitative estimate of drug-likeness (QED) is 0.818. The number of rotatable bonds is 5. The van der Waals surface area contributed by atoms with Crippen LogP contribution in [-0.4, -0.2) is 49.0 Å². The molecule has 0 aromatic heterocycles. The van der Waals surface area contributed by atoms with Crippen molar-refractivity contribution < 1.29 is 9.84 Å². The molecule has 1 aliphatic heterocycles. The van der Waals surface area contributed by atoms with Crippen LogP contribution in [-0.2, 0) is 4.74 Å². The summed E-state index contributed by atoms with van der Waals surface area (Å²) in [7, 11) is 0. The number of hydrogen-bond acceptors (Lipinski definition) is 3. The highest BCUT2D eigenvalue weighted by Gasteiger charge is 2.22. The van der Waals surface area contributed by atoms with Gasteiger partial charge in [-0.05, 0) is 50.6 Å². The van der Waals surface area contributed by atoms with Crippen molar-refractivity contribution in [3.8, 4) is 0 Å². The van der Waals surface area contributed by atoms with E-state index in [0.717, 1.165) is 45.0 Å². The largest absolute Gasteiger partial charge is 0.396 e. The summed E-state index contributed by atoms with van der Waals surface area (Å²) >= 11 is 0. The van der Waals surface area contributed by atoms with E-state index in [2.05, 4.69) is 11.8 Å². The molecule has 1 heterocycles. The molecule has 3 heteroatoms. The van der Waals surface area contributed by atoms with Crippen molar-refractivity contribution in [2.45, 2.75) is 51.6 Å². The molecule has 2 atom stereocenters. The van der Waals surface area contributed by atoms with Gasteiger partial charge in [0.15, 0.2) is 0 Å². The molecule has 0 bridgehead atoms. The zero-order chi connectivity index (χ0) is 12.8. The van der Waals surface area contributed by atoms with Crippen molar-refractivity contribution in [2.24, 2.45) is 11.8 Å². The first-order valence-electron chi connectivity index (χ1n) is 7.74. The second-order valence-electron chi connectivity index (χ2n) is 6.14. The summed E-state index contributed by atoms with van der Waals surface area (Å²) in [5, 5.41) is 9.11. The minimum absolute atomic E-state index is 0.365. The standard InChI is InChI=1S/C15H29NO2/c1-13-4-2-3-5-15(13)18-11-10-16-8-6-14(12-17)7-9-16/h13-15,17H,2-12H2,1H3/t13-,15+/m0/s1. The van der Waals surface area contributed by atoms with Gasteiger partial charge in [0.25, 0.3) is 0 Å². The fourth-order valence-corrected chi connectivity index (χ4v) is 3.26. The highest BCUT2D eigenvalue weighted by Crippen LogP contribution is 2.26. The van der Waals surface area contributed by atoms with Gasteiger partial charge in [-0.3, -0.25) is 0 Å². The number of aliphatic hydroxyl groups excluding tert-OH is 1. The molecular formula is C15H29NO2. The fourth-order valence-electron chi connectivity index (χ4n) is 3.26. The molecule has 18 heavy (non-hydrogen) atoms. The number of nitrogens with zero attached hydrogens (tertiary/aromatic N) is 1. The third kappa shape index (κ3) is 4.22. The third-order valence-corrected chi connectivity index (χ3v) is 4.74. The first-order valence-corrected chi connectivity index (χ1v) is 7.74. The summed E-state index contributed by atoms with van der Waals surface area (Å²) < 4.78 is 6.06. The molecule has 1 aliphatic carbocycles. The Morgan fingerprint density at radius 1 is 1.11 bits per heavy atom. The summed E-state index contributed by atoms with van der Waals surface area (Å²) in [5.41, 5.74) is 0. The first kappa shape index (κ1) is 14.3. The maximum atomic E-state index is 9.11. The zero-order valence-electron chi connectivity index (χ0n) is 11.8. The Morgan fingerprint density at radius 2 is 1.83 bits per heavy atom. The Hall–Kier alpha value is -0.120. The highest BCUT2D eigenvalue weighted by molar-refractivity contribution is 4.74. The van der Waals surface area contributed by atoms with Gasteiger partial charge in [-0.15, -0.1) is 0 Å². The monoisotopic (exact) mass is 255 g/mol. The van der Waals surface area contributed by atoms with Gasteiger partial charge < -0.3 is 14.7 Å². The van der Waals surface area contributed by atoms with Crippen LogP contribution >= 0.6 is 0 Å². The summed E-state index contributed by atoms with van der Waals surface area (Å²) in [6.45, 7) is 6.92. The summed E-state index contributed by atoms with van der Waals surface area (Å²) in [6.07, 6.45) is 8.13. The van der Waals surface area contributed by atoms with Gasteiger partial charge in [0, 0.05) is 13.2 Å². The molecule has 0 aromatic rings. The predicted octanol–water partition coefficient (Wildman–Crippen LogP) is 2.29. The van der Waals surface area contributed by atoms with Gasteiger partial charge in [0.1, 0.15) is 0 Å². The lowest BCUT2D eigenvalue weighted by Crippen LogP contribution is -2.38. The smallest absolute Gasteiger partial charge is 0.0601 e. The molecule has 1 N–H and O–H groups in total. The molecule has 2 fully saturated rings. The van der Waals surface area contributed by atoms with E-state index in [4.69, 9.17) is 9.84 Å². The van der Waals surface area contributed by atoms with E-state index in [0.29, 0.717) is 18.6 Å². The second-order valence-corrected chi connectivity index (χ2v) is 6.14. The molecule has 2 rings (SSSR count). The van der Waals surface area contributed by atoms with Gasteiger partial charge in [-0.2, -0.15) is 0 Å². The van der Waals surface area contributed by atoms with Gasteiger partial charge in [-0.25, -0.2) is 0 Å². The lowest BCUT2D eigenvalue weighted by atomic mass is 9.88. The molecule has 0 aromatic carbocycles. The predicted molar refractivity (Wildman–Crippen MR) is 73.6 cm³/mol. The van der Waals surface area contributed by atoms with Crippen LogP contribution in [0.25, 0.3) is 0 Å². The van der Waals surface area contributed by atoms with Crippen LogP contribution in [0, 0.1) is 11.8 Å². The average Bonchev–Trinajstić information content (AvgIpc) is 2.42. The minimum Gasteiger partial charge on any atom is -0.396 e. The molecule has 1 saturated heterocycles. The van der Waals surface area contributed by atoms with Crippen molar-refractivity contribution in [1.82, 2.24) is 4.90 Å². The van der Waals surface area contributed by atoms with E-state index in [-0.39, 0.29) is 0 Å². The van der Waals surface area contributed by atoms with Crippen LogP contribution in [0.2, 0.25) is 0 Å². The van der Waals surface area contributed by atoms with Crippen LogP contribution in [0.4, 0.5) is 0 Å². The number of aliphatic hydroxyl groups is 1. The molecule has 1 saturated carbocycles. The third-order valence-electron chi connectivity index (χ3n) is 4.74. The first-order chi connectivity index (χ1) is 8.79. The number of likely N-dealkylation sites (tertiary alicyclic amines) is 1. The molecule has 2 aliphatic rings. The van der Waals surface area contributed by atoms with Crippen LogP contribution in [0.15, 0.2) is 0 Å². The van der Waals surface area contributed by atoms with Crippen LogP contribution in [0.3, 0.4) is 0 Å². The molecular weight excluding hydrogens is 226 g/mol. The number of hydrogen-bond donors (Lipinski definition) is 1. The lowest BCUT2D eigenvalue weighted by Gasteiger charge is -2.33. The van der Waals surface area contributed by atoms with Crippen molar-refractivity contribution in [3.63, 3.8) is 0 Å². The molecule has 0 amide bonds. The van der Waals surface area contributed by atoms with Crippen LogP contribution in [0.1, 0.15) is 45.4 Å². The minimum atomic E-state index is 0.365. The Labute approximate surface area is 112 Å². The van der Waals surface area contributed by atoms with Gasteiger partial charge in [-0.1, -0.05) is 19.8 Å². The van der Waals surface area contributed by atoms with Crippen molar-refractivity contribution in [1.29, 1.82) is 0 Å². The fraction of sp³-hybridized carbons (Fsp3) is 1.00. The zero-order valence-corrected chi connectivity index (χ0v) is 11.8. The maximum absolute atomic E-state index is 9.11. The Bertz CT molecular complexity index is 227. The molecule has 0 unspecified atom stereocenters. The van der Waals surface area contributed by atoms with Crippen molar-refractivity contribution >= 4 is 0 Å². The molecule has 0 radical (unpaired) electrons. The summed E-state index contributed by atoms with van der Waals surface area (Å²) in [5.74, 6) is 1.29. The summed E-state index contributed by atoms with van der Waals surface area (Å²) in [6, 6.07) is 0. The summed E-state index contributed by atoms with van der Waals surface area (Å²) in [4.78, 5) is 2.49. The van der Waals surface area contributed by atoms with Gasteiger partial charge >= 0.3 is 0 Å². The molecule has 0 spiro atoms. The maximum Gasteiger partial charge on any atom is 0.0601 e. The Kier molecular flexibility index (Phi) is 5.93. The van der Waals surface area contributed by atoms with Crippen molar-refractivity contribution in [3.05, 3.63) is 0 Å². The van der Waals surface area contributed by atoms with Crippen molar-refractivity contribution in [2.75, 3.05) is 32.8 Å². The number of ether oxygens (including phenoxy) is 1. The van der Waals surface area contributed by atoms with E-state index < -0.39 is 0 Å². The van der Waals surface area contributed by atoms with E-state index in [1.807, 2.05) is 0 Å². The van der Waals surface area contributed by atoms with E-state index >= 15 is 0 Å². The lowest BCUT2D eigenvalue weighted by molar-refractivity contribution is -0.0173. The van der Waals surface area contributed by atoms with Crippen LogP contribution < -0.4 is 0 Å². The molecule has 3 nitrogen and oxygen atoms in total. The normalized spacial score (nSPS) is 31.7. The Morgan fingerprint density at radius 3 is 2.50 bits per heavy atom. The van der Waals surface area contributed by atoms with E-state index in [1.165, 1.54) is 25.7 Å². The SMILES string of the molecule is C[C@H]1CCCC[C@H]1OCCN1CCC(CO)CC1. The highest BCUT2D eigenvalue weighted by atomic mass is 16.5. The molecule has 106 valence electrons. The topological polar surface area (TPSA) is 32.7 Å². The van der Waals surface area contributed by atoms with Gasteiger partial charge in [0.2, 0.25) is 0 Å².